The second-order valence-corrected chi connectivity index (χ2v) is 1.73. The Hall–Kier alpha value is -1.09. The SMILES string of the molecule is C=CCC(=O)[O-].C=CCC(=O)[O-].[Ni+2]. The van der Waals surface area contributed by atoms with Gasteiger partial charge < -0.3 is 19.8 Å². The molecule has 0 N–H and O–H groups in total. The molecule has 13 heavy (non-hydrogen) atoms. The second kappa shape index (κ2) is 13.5. The molecule has 0 saturated heterocycles. The van der Waals surface area contributed by atoms with Crippen molar-refractivity contribution in [2.24, 2.45) is 0 Å². The van der Waals surface area contributed by atoms with Crippen LogP contribution in [0.2, 0.25) is 0 Å². The summed E-state index contributed by atoms with van der Waals surface area (Å²) < 4.78 is 0. The Morgan fingerprint density at radius 3 is 1.23 bits per heavy atom. The van der Waals surface area contributed by atoms with E-state index in [1.165, 1.54) is 12.2 Å². The van der Waals surface area contributed by atoms with E-state index >= 15 is 0 Å². The molecule has 0 aromatic carbocycles. The maximum Gasteiger partial charge on any atom is 2.00 e. The minimum Gasteiger partial charge on any atom is -0.550 e. The van der Waals surface area contributed by atoms with Crippen LogP contribution in [0.5, 0.6) is 0 Å². The smallest absolute Gasteiger partial charge is 0.550 e. The quantitative estimate of drug-likeness (QED) is 0.439. The number of carbonyl (C=O) groups excluding carboxylic acids is 2. The zero-order valence-electron chi connectivity index (χ0n) is 6.93. The number of carbonyl (C=O) groups is 2. The van der Waals surface area contributed by atoms with Gasteiger partial charge in [0.15, 0.2) is 0 Å². The van der Waals surface area contributed by atoms with Crippen LogP contribution >= 0.6 is 0 Å². The van der Waals surface area contributed by atoms with Gasteiger partial charge in [-0.1, -0.05) is 12.2 Å². The molecule has 0 bridgehead atoms. The molecule has 0 atom stereocenters. The van der Waals surface area contributed by atoms with E-state index in [1.54, 1.807) is 0 Å². The first kappa shape index (κ1) is 17.9. The fourth-order valence-electron chi connectivity index (χ4n) is 0.236. The zero-order valence-corrected chi connectivity index (χ0v) is 7.92. The molecule has 0 radical (unpaired) electrons. The van der Waals surface area contributed by atoms with Crippen LogP contribution in [-0.4, -0.2) is 11.9 Å². The van der Waals surface area contributed by atoms with Gasteiger partial charge in [-0.25, -0.2) is 0 Å². The van der Waals surface area contributed by atoms with Crippen molar-refractivity contribution in [2.45, 2.75) is 12.8 Å². The summed E-state index contributed by atoms with van der Waals surface area (Å²) in [6.07, 6.45) is 2.46. The van der Waals surface area contributed by atoms with Crippen molar-refractivity contribution < 1.29 is 36.3 Å². The van der Waals surface area contributed by atoms with Crippen molar-refractivity contribution in [1.29, 1.82) is 0 Å². The Morgan fingerprint density at radius 1 is 1.00 bits per heavy atom. The Balaban J connectivity index is -0.000000143. The van der Waals surface area contributed by atoms with Crippen LogP contribution < -0.4 is 10.2 Å². The van der Waals surface area contributed by atoms with E-state index in [0.717, 1.165) is 0 Å². The summed E-state index contributed by atoms with van der Waals surface area (Å²) in [6, 6.07) is 0. The van der Waals surface area contributed by atoms with Crippen molar-refractivity contribution in [3.05, 3.63) is 25.3 Å². The minimum atomic E-state index is -1.08. The Morgan fingerprint density at radius 2 is 1.23 bits per heavy atom. The third kappa shape index (κ3) is 35.9. The second-order valence-electron chi connectivity index (χ2n) is 1.73. The van der Waals surface area contributed by atoms with Crippen LogP contribution in [0.25, 0.3) is 0 Å². The van der Waals surface area contributed by atoms with Gasteiger partial charge in [0.1, 0.15) is 0 Å². The maximum absolute atomic E-state index is 9.42. The first-order valence-electron chi connectivity index (χ1n) is 3.16. The van der Waals surface area contributed by atoms with Crippen LogP contribution in [0.1, 0.15) is 12.8 Å². The fourth-order valence-corrected chi connectivity index (χ4v) is 0.236. The van der Waals surface area contributed by atoms with Gasteiger partial charge in [0.25, 0.3) is 0 Å². The molecule has 0 aromatic rings. The first-order valence-corrected chi connectivity index (χ1v) is 3.16. The number of carboxylic acid groups (broad SMARTS) is 2. The Kier molecular flexibility index (Phi) is 18.5. The molecule has 0 saturated carbocycles. The van der Waals surface area contributed by atoms with E-state index in [9.17, 15) is 19.8 Å². The molecule has 0 aliphatic heterocycles. The Bertz CT molecular complexity index is 157. The van der Waals surface area contributed by atoms with Crippen molar-refractivity contribution >= 4 is 11.9 Å². The van der Waals surface area contributed by atoms with Crippen LogP contribution in [0.4, 0.5) is 0 Å². The first-order chi connectivity index (χ1) is 5.54. The molecule has 0 amide bonds. The van der Waals surface area contributed by atoms with E-state index in [-0.39, 0.29) is 29.3 Å². The summed E-state index contributed by atoms with van der Waals surface area (Å²) in [5.74, 6) is -2.16. The van der Waals surface area contributed by atoms with Gasteiger partial charge in [-0.3, -0.25) is 0 Å². The summed E-state index contributed by atoms with van der Waals surface area (Å²) >= 11 is 0. The van der Waals surface area contributed by atoms with Gasteiger partial charge >= 0.3 is 16.5 Å². The van der Waals surface area contributed by atoms with Crippen LogP contribution in [0.15, 0.2) is 25.3 Å². The summed E-state index contributed by atoms with van der Waals surface area (Å²) in [5, 5.41) is 18.8. The van der Waals surface area contributed by atoms with Gasteiger partial charge in [-0.15, -0.1) is 13.2 Å². The zero-order chi connectivity index (χ0) is 9.98. The van der Waals surface area contributed by atoms with E-state index in [4.69, 9.17) is 0 Å². The number of rotatable bonds is 4. The molecule has 0 spiro atoms. The van der Waals surface area contributed by atoms with Gasteiger partial charge in [0, 0.05) is 24.8 Å². The molecule has 4 nitrogen and oxygen atoms in total. The number of aliphatic carboxylic acids is 2. The van der Waals surface area contributed by atoms with Crippen LogP contribution in [0.3, 0.4) is 0 Å². The van der Waals surface area contributed by atoms with E-state index in [2.05, 4.69) is 13.2 Å². The normalized spacial score (nSPS) is 6.77. The maximum atomic E-state index is 9.42. The molecule has 0 rings (SSSR count). The molecule has 0 aliphatic rings. The van der Waals surface area contributed by atoms with Gasteiger partial charge in [0.2, 0.25) is 0 Å². The van der Waals surface area contributed by atoms with E-state index < -0.39 is 11.9 Å². The fraction of sp³-hybridized carbons (Fsp3) is 0.250. The molecular weight excluding hydrogens is 219 g/mol. The summed E-state index contributed by atoms with van der Waals surface area (Å²) in [4.78, 5) is 18.8. The summed E-state index contributed by atoms with van der Waals surface area (Å²) in [5.41, 5.74) is 0. The average Bonchev–Trinajstić information content (AvgIpc) is 1.87. The number of hydrogen-bond acceptors (Lipinski definition) is 4. The molecule has 0 aliphatic carbocycles. The van der Waals surface area contributed by atoms with Crippen molar-refractivity contribution in [3.63, 3.8) is 0 Å². The van der Waals surface area contributed by atoms with Gasteiger partial charge in [0.05, 0.1) is 0 Å². The number of carboxylic acids is 2. The molecule has 0 unspecified atom stereocenters. The van der Waals surface area contributed by atoms with Crippen molar-refractivity contribution in [2.75, 3.05) is 0 Å². The van der Waals surface area contributed by atoms with Crippen molar-refractivity contribution in [1.82, 2.24) is 0 Å². The summed E-state index contributed by atoms with van der Waals surface area (Å²) in [7, 11) is 0. The standard InChI is InChI=1S/2C4H6O2.Ni/c2*1-2-3-4(5)6;/h2*2H,1,3H2,(H,5,6);/q;;+2/p-2. The van der Waals surface area contributed by atoms with E-state index in [1.807, 2.05) is 0 Å². The number of hydrogen-bond donors (Lipinski definition) is 0. The minimum absolute atomic E-state index is 0. The van der Waals surface area contributed by atoms with E-state index in [0.29, 0.717) is 0 Å². The molecular formula is C8H10NiO4. The molecule has 0 aromatic heterocycles. The molecule has 76 valence electrons. The average molecular weight is 229 g/mol. The topological polar surface area (TPSA) is 80.3 Å². The molecule has 5 heteroatoms. The van der Waals surface area contributed by atoms with Gasteiger partial charge in [-0.2, -0.15) is 0 Å². The predicted octanol–water partition coefficient (Wildman–Crippen LogP) is -1.38. The Labute approximate surface area is 86.9 Å². The van der Waals surface area contributed by atoms with Crippen LogP contribution in [-0.2, 0) is 26.1 Å². The third-order valence-corrected chi connectivity index (χ3v) is 0.622. The predicted molar refractivity (Wildman–Crippen MR) is 39.6 cm³/mol. The third-order valence-electron chi connectivity index (χ3n) is 0.622. The monoisotopic (exact) mass is 228 g/mol. The summed E-state index contributed by atoms with van der Waals surface area (Å²) in [6.45, 7) is 6.36. The van der Waals surface area contributed by atoms with Crippen molar-refractivity contribution in [3.8, 4) is 0 Å². The molecule has 0 fully saturated rings. The van der Waals surface area contributed by atoms with Gasteiger partial charge in [-0.05, 0) is 0 Å². The molecule has 0 heterocycles. The largest absolute Gasteiger partial charge is 2.00 e. The van der Waals surface area contributed by atoms with Crippen LogP contribution in [0, 0.1) is 0 Å².